The molecule has 0 fully saturated rings. The van der Waals surface area contributed by atoms with Gasteiger partial charge in [0.1, 0.15) is 5.82 Å². The molecule has 0 unspecified atom stereocenters. The van der Waals surface area contributed by atoms with Crippen LogP contribution in [0, 0.1) is 12.7 Å². The van der Waals surface area contributed by atoms with Crippen molar-refractivity contribution in [3.8, 4) is 0 Å². The molecule has 0 aliphatic heterocycles. The molecular formula is C14H13BrClFN2O. The average molecular weight is 360 g/mol. The van der Waals surface area contributed by atoms with E-state index in [2.05, 4.69) is 21.0 Å². The van der Waals surface area contributed by atoms with Gasteiger partial charge >= 0.3 is 0 Å². The molecule has 1 heterocycles. The number of Topliss-reactive ketones (excluding diaryl/α,β-unsaturated/α-hetero) is 1. The van der Waals surface area contributed by atoms with Crippen LogP contribution in [-0.2, 0) is 13.0 Å². The number of hydrogen-bond acceptors (Lipinski definition) is 2. The fourth-order valence-electron chi connectivity index (χ4n) is 2.00. The first-order valence-electron chi connectivity index (χ1n) is 6.14. The minimum absolute atomic E-state index is 0.0443. The molecule has 0 aliphatic rings. The Morgan fingerprint density at radius 2 is 2.20 bits per heavy atom. The summed E-state index contributed by atoms with van der Waals surface area (Å²) < 4.78 is 16.3. The van der Waals surface area contributed by atoms with Crippen LogP contribution < -0.4 is 0 Å². The van der Waals surface area contributed by atoms with Crippen LogP contribution in [-0.4, -0.2) is 15.6 Å². The molecule has 0 radical (unpaired) electrons. The average Bonchev–Trinajstić information content (AvgIpc) is 2.66. The van der Waals surface area contributed by atoms with Crippen LogP contribution >= 0.6 is 27.5 Å². The Morgan fingerprint density at radius 3 is 2.80 bits per heavy atom. The van der Waals surface area contributed by atoms with E-state index in [1.807, 2.05) is 13.8 Å². The fraction of sp³-hybridized carbons (Fsp3) is 0.286. The molecule has 2 aromatic rings. The van der Waals surface area contributed by atoms with Crippen molar-refractivity contribution in [2.45, 2.75) is 26.8 Å². The number of nitrogens with zero attached hydrogens (tertiary/aromatic N) is 2. The lowest BCUT2D eigenvalue weighted by Crippen LogP contribution is -2.11. The van der Waals surface area contributed by atoms with Gasteiger partial charge in [0.25, 0.3) is 0 Å². The van der Waals surface area contributed by atoms with Crippen LogP contribution in [0.15, 0.2) is 22.7 Å². The fourth-order valence-corrected chi connectivity index (χ4v) is 2.58. The number of halogens is 3. The number of ketones is 1. The number of aromatic nitrogens is 2. The third-order valence-corrected chi connectivity index (χ3v) is 4.28. The van der Waals surface area contributed by atoms with E-state index >= 15 is 0 Å². The van der Waals surface area contributed by atoms with Crippen molar-refractivity contribution in [1.82, 2.24) is 9.78 Å². The molecule has 0 bridgehead atoms. The van der Waals surface area contributed by atoms with Crippen LogP contribution in [0.4, 0.5) is 4.39 Å². The number of benzene rings is 1. The highest BCUT2D eigenvalue weighted by molar-refractivity contribution is 9.10. The molecule has 3 nitrogen and oxygen atoms in total. The van der Waals surface area contributed by atoms with E-state index < -0.39 is 5.82 Å². The van der Waals surface area contributed by atoms with Crippen molar-refractivity contribution in [2.24, 2.45) is 0 Å². The standard InChI is InChI=1S/C14H13BrClFN2O/c1-3-19-12(14(15)8(2)18-19)7-13(20)10-5-4-9(16)6-11(10)17/h4-6H,3,7H2,1-2H3. The molecule has 0 atom stereocenters. The molecule has 6 heteroatoms. The Kier molecular flexibility index (Phi) is 4.60. The summed E-state index contributed by atoms with van der Waals surface area (Å²) in [6, 6.07) is 4.06. The summed E-state index contributed by atoms with van der Waals surface area (Å²) in [5.74, 6) is -0.896. The summed E-state index contributed by atoms with van der Waals surface area (Å²) in [6.07, 6.45) is 0.0911. The maximum Gasteiger partial charge on any atom is 0.171 e. The third kappa shape index (κ3) is 2.94. The van der Waals surface area contributed by atoms with Crippen molar-refractivity contribution < 1.29 is 9.18 Å². The van der Waals surface area contributed by atoms with Gasteiger partial charge in [-0.05, 0) is 48.0 Å². The highest BCUT2D eigenvalue weighted by Crippen LogP contribution is 2.23. The van der Waals surface area contributed by atoms with E-state index in [1.165, 1.54) is 12.1 Å². The first-order chi connectivity index (χ1) is 9.43. The Morgan fingerprint density at radius 1 is 1.50 bits per heavy atom. The summed E-state index contributed by atoms with van der Waals surface area (Å²) in [5, 5.41) is 4.59. The second-order valence-corrected chi connectivity index (χ2v) is 5.62. The summed E-state index contributed by atoms with van der Waals surface area (Å²) in [5.41, 5.74) is 1.61. The molecule has 2 rings (SSSR count). The highest BCUT2D eigenvalue weighted by atomic mass is 79.9. The molecule has 0 saturated heterocycles. The van der Waals surface area contributed by atoms with Crippen LogP contribution in [0.2, 0.25) is 5.02 Å². The first kappa shape index (κ1) is 15.2. The first-order valence-corrected chi connectivity index (χ1v) is 7.31. The van der Waals surface area contributed by atoms with Gasteiger partial charge in [0.15, 0.2) is 5.78 Å². The van der Waals surface area contributed by atoms with Crippen LogP contribution in [0.5, 0.6) is 0 Å². The van der Waals surface area contributed by atoms with E-state index in [0.29, 0.717) is 6.54 Å². The Labute approximate surface area is 129 Å². The van der Waals surface area contributed by atoms with Gasteiger partial charge < -0.3 is 0 Å². The van der Waals surface area contributed by atoms with E-state index in [-0.39, 0.29) is 22.8 Å². The zero-order valence-electron chi connectivity index (χ0n) is 11.1. The largest absolute Gasteiger partial charge is 0.294 e. The summed E-state index contributed by atoms with van der Waals surface area (Å²) >= 11 is 9.11. The SMILES string of the molecule is CCn1nc(C)c(Br)c1CC(=O)c1ccc(Cl)cc1F. The van der Waals surface area contributed by atoms with Gasteiger partial charge in [-0.3, -0.25) is 9.48 Å². The van der Waals surface area contributed by atoms with Crippen LogP contribution in [0.3, 0.4) is 0 Å². The molecule has 106 valence electrons. The zero-order chi connectivity index (χ0) is 14.9. The molecule has 0 N–H and O–H groups in total. The van der Waals surface area contributed by atoms with Crippen LogP contribution in [0.25, 0.3) is 0 Å². The molecular weight excluding hydrogens is 347 g/mol. The van der Waals surface area contributed by atoms with Gasteiger partial charge in [0.05, 0.1) is 27.8 Å². The molecule has 0 spiro atoms. The number of rotatable bonds is 4. The predicted octanol–water partition coefficient (Wildman–Crippen LogP) is 4.19. The Hall–Kier alpha value is -1.20. The second kappa shape index (κ2) is 6.06. The minimum atomic E-state index is -0.599. The zero-order valence-corrected chi connectivity index (χ0v) is 13.4. The maximum absolute atomic E-state index is 13.8. The Bertz CT molecular complexity index is 669. The number of carbonyl (C=O) groups excluding carboxylic acids is 1. The van der Waals surface area contributed by atoms with Gasteiger partial charge in [-0.1, -0.05) is 11.6 Å². The molecule has 1 aromatic carbocycles. The van der Waals surface area contributed by atoms with Crippen molar-refractivity contribution in [3.05, 3.63) is 50.5 Å². The molecule has 0 aliphatic carbocycles. The molecule has 1 aromatic heterocycles. The van der Waals surface area contributed by atoms with Gasteiger partial charge in [-0.2, -0.15) is 5.10 Å². The van der Waals surface area contributed by atoms with E-state index in [1.54, 1.807) is 4.68 Å². The van der Waals surface area contributed by atoms with E-state index in [0.717, 1.165) is 21.9 Å². The third-order valence-electron chi connectivity index (χ3n) is 3.01. The molecule has 0 amide bonds. The summed E-state index contributed by atoms with van der Waals surface area (Å²) in [7, 11) is 0. The van der Waals surface area contributed by atoms with Crippen molar-refractivity contribution in [1.29, 1.82) is 0 Å². The lowest BCUT2D eigenvalue weighted by atomic mass is 10.1. The van der Waals surface area contributed by atoms with E-state index in [4.69, 9.17) is 11.6 Å². The van der Waals surface area contributed by atoms with Crippen molar-refractivity contribution >= 4 is 33.3 Å². The number of carbonyl (C=O) groups is 1. The lowest BCUT2D eigenvalue weighted by molar-refractivity contribution is 0.0986. The van der Waals surface area contributed by atoms with Gasteiger partial charge in [-0.15, -0.1) is 0 Å². The summed E-state index contributed by atoms with van der Waals surface area (Å²) in [6.45, 7) is 4.45. The monoisotopic (exact) mass is 358 g/mol. The smallest absolute Gasteiger partial charge is 0.171 e. The minimum Gasteiger partial charge on any atom is -0.294 e. The van der Waals surface area contributed by atoms with Crippen molar-refractivity contribution in [2.75, 3.05) is 0 Å². The van der Waals surface area contributed by atoms with Gasteiger partial charge in [-0.25, -0.2) is 4.39 Å². The normalized spacial score (nSPS) is 10.8. The van der Waals surface area contributed by atoms with Crippen LogP contribution in [0.1, 0.15) is 28.7 Å². The quantitative estimate of drug-likeness (QED) is 0.767. The topological polar surface area (TPSA) is 34.9 Å². The predicted molar refractivity (Wildman–Crippen MR) is 79.8 cm³/mol. The van der Waals surface area contributed by atoms with Gasteiger partial charge in [0, 0.05) is 11.6 Å². The maximum atomic E-state index is 13.8. The second-order valence-electron chi connectivity index (χ2n) is 4.39. The van der Waals surface area contributed by atoms with Gasteiger partial charge in [0.2, 0.25) is 0 Å². The van der Waals surface area contributed by atoms with E-state index in [9.17, 15) is 9.18 Å². The molecule has 20 heavy (non-hydrogen) atoms. The lowest BCUT2D eigenvalue weighted by Gasteiger charge is -2.06. The van der Waals surface area contributed by atoms with Crippen molar-refractivity contribution in [3.63, 3.8) is 0 Å². The molecule has 0 saturated carbocycles. The highest BCUT2D eigenvalue weighted by Gasteiger charge is 2.19. The number of aryl methyl sites for hydroxylation is 2. The summed E-state index contributed by atoms with van der Waals surface area (Å²) in [4.78, 5) is 12.2. The number of hydrogen-bond donors (Lipinski definition) is 0. The Balaban J connectivity index is 2.32.